The Labute approximate surface area is 109 Å². The minimum atomic E-state index is -4.72. The van der Waals surface area contributed by atoms with E-state index in [0.717, 1.165) is 12.8 Å². The molecule has 0 radical (unpaired) electrons. The maximum absolute atomic E-state index is 12.9. The second-order valence-electron chi connectivity index (χ2n) is 6.43. The van der Waals surface area contributed by atoms with Crippen LogP contribution in [0.5, 0.6) is 0 Å². The minimum Gasteiger partial charge on any atom is -0.457 e. The van der Waals surface area contributed by atoms with E-state index in [1.807, 2.05) is 20.8 Å². The molecule has 0 aromatic heterocycles. The molecule has 0 saturated heterocycles. The first kappa shape index (κ1) is 14.6. The van der Waals surface area contributed by atoms with Gasteiger partial charge >= 0.3 is 18.3 Å². The monoisotopic (exact) mass is 282 g/mol. The summed E-state index contributed by atoms with van der Waals surface area (Å²) in [6.07, 6.45) is -2.52. The third-order valence-electron chi connectivity index (χ3n) is 5.51. The van der Waals surface area contributed by atoms with Crippen LogP contribution in [0, 0.1) is 16.7 Å². The van der Waals surface area contributed by atoms with E-state index in [-0.39, 0.29) is 11.3 Å². The van der Waals surface area contributed by atoms with E-state index in [2.05, 4.69) is 0 Å². The zero-order valence-electron chi connectivity index (χ0n) is 11.2. The van der Waals surface area contributed by atoms with E-state index in [0.29, 0.717) is 6.42 Å². The highest BCUT2D eigenvalue weighted by Crippen LogP contribution is 2.66. The molecule has 2 bridgehead atoms. The summed E-state index contributed by atoms with van der Waals surface area (Å²) in [5, 5.41) is 0. The van der Waals surface area contributed by atoms with Crippen molar-refractivity contribution in [1.29, 1.82) is 0 Å². The average Bonchev–Trinajstić information content (AvgIpc) is 2.61. The van der Waals surface area contributed by atoms with Crippen molar-refractivity contribution in [3.05, 3.63) is 0 Å². The summed E-state index contributed by atoms with van der Waals surface area (Å²) in [6.45, 7) is 5.92. The molecule has 110 valence electrons. The Kier molecular flexibility index (Phi) is 3.14. The minimum absolute atomic E-state index is 0.127. The highest BCUT2D eigenvalue weighted by Gasteiger charge is 2.64. The van der Waals surface area contributed by atoms with Crippen molar-refractivity contribution in [1.82, 2.24) is 0 Å². The lowest BCUT2D eigenvalue weighted by Crippen LogP contribution is -2.44. The topological polar surface area (TPSA) is 26.3 Å². The Bertz CT molecular complexity index is 394. The van der Waals surface area contributed by atoms with Crippen LogP contribution in [0.4, 0.5) is 17.6 Å². The molecular weight excluding hydrogens is 264 g/mol. The molecule has 2 saturated carbocycles. The molecule has 0 spiro atoms. The Balaban J connectivity index is 2.13. The van der Waals surface area contributed by atoms with E-state index in [1.165, 1.54) is 0 Å². The Morgan fingerprint density at radius 1 is 1.32 bits per heavy atom. The van der Waals surface area contributed by atoms with E-state index in [4.69, 9.17) is 4.74 Å². The summed E-state index contributed by atoms with van der Waals surface area (Å²) < 4.78 is 54.8. The lowest BCUT2D eigenvalue weighted by molar-refractivity contribution is -0.205. The molecule has 0 aromatic carbocycles. The van der Waals surface area contributed by atoms with E-state index < -0.39 is 29.8 Å². The van der Waals surface area contributed by atoms with Crippen LogP contribution < -0.4 is 0 Å². The smallest absolute Gasteiger partial charge is 0.401 e. The SMILES string of the molecule is CC1(C)C2CCC1(C)C(OC(=O)C(F)(F)C(F)F)C2. The maximum Gasteiger partial charge on any atom is 0.401 e. The molecule has 2 fully saturated rings. The number of fused-ring (bicyclic) bond motifs is 2. The first-order valence-electron chi connectivity index (χ1n) is 6.40. The molecule has 0 N–H and O–H groups in total. The van der Waals surface area contributed by atoms with Gasteiger partial charge in [-0.2, -0.15) is 8.78 Å². The standard InChI is InChI=1S/C13H18F4O2/c1-11(2)7-4-5-12(11,3)8(6-7)19-10(18)13(16,17)9(14)15/h7-9H,4-6H2,1-3H3. The van der Waals surface area contributed by atoms with Crippen LogP contribution in [-0.4, -0.2) is 24.4 Å². The Morgan fingerprint density at radius 2 is 1.89 bits per heavy atom. The molecule has 2 aliphatic rings. The zero-order valence-corrected chi connectivity index (χ0v) is 11.2. The molecule has 0 aromatic rings. The van der Waals surface area contributed by atoms with Crippen LogP contribution in [0.25, 0.3) is 0 Å². The van der Waals surface area contributed by atoms with Gasteiger partial charge in [0.05, 0.1) is 0 Å². The fourth-order valence-electron chi connectivity index (χ4n) is 3.61. The van der Waals surface area contributed by atoms with Gasteiger partial charge in [0, 0.05) is 5.41 Å². The number of rotatable bonds is 3. The summed E-state index contributed by atoms with van der Waals surface area (Å²) in [6, 6.07) is 0. The van der Waals surface area contributed by atoms with Crippen molar-refractivity contribution < 1.29 is 27.1 Å². The molecule has 3 atom stereocenters. The molecule has 0 aliphatic heterocycles. The molecule has 0 amide bonds. The Morgan fingerprint density at radius 3 is 2.26 bits per heavy atom. The van der Waals surface area contributed by atoms with Crippen molar-refractivity contribution >= 4 is 5.97 Å². The van der Waals surface area contributed by atoms with Crippen LogP contribution >= 0.6 is 0 Å². The molecule has 0 heterocycles. The lowest BCUT2D eigenvalue weighted by Gasteiger charge is -2.38. The fraction of sp³-hybridized carbons (Fsp3) is 0.923. The van der Waals surface area contributed by atoms with Gasteiger partial charge in [-0.05, 0) is 30.6 Å². The largest absolute Gasteiger partial charge is 0.457 e. The number of esters is 1. The van der Waals surface area contributed by atoms with Gasteiger partial charge in [-0.25, -0.2) is 13.6 Å². The van der Waals surface area contributed by atoms with Gasteiger partial charge < -0.3 is 4.74 Å². The number of carbonyl (C=O) groups is 1. The Hall–Kier alpha value is -0.810. The highest BCUT2D eigenvalue weighted by molar-refractivity contribution is 5.78. The second-order valence-corrected chi connectivity index (χ2v) is 6.43. The van der Waals surface area contributed by atoms with Crippen LogP contribution in [0.1, 0.15) is 40.0 Å². The summed E-state index contributed by atoms with van der Waals surface area (Å²) in [5.74, 6) is -6.53. The molecular formula is C13H18F4O2. The number of hydrogen-bond acceptors (Lipinski definition) is 2. The number of hydrogen-bond donors (Lipinski definition) is 0. The van der Waals surface area contributed by atoms with Crippen molar-refractivity contribution in [2.24, 2.45) is 16.7 Å². The summed E-state index contributed by atoms with van der Waals surface area (Å²) >= 11 is 0. The molecule has 3 unspecified atom stereocenters. The quantitative estimate of drug-likeness (QED) is 0.583. The van der Waals surface area contributed by atoms with Crippen molar-refractivity contribution in [3.63, 3.8) is 0 Å². The molecule has 2 rings (SSSR count). The summed E-state index contributed by atoms with van der Waals surface area (Å²) in [5.41, 5.74) is -0.538. The summed E-state index contributed by atoms with van der Waals surface area (Å²) in [4.78, 5) is 11.2. The van der Waals surface area contributed by atoms with Gasteiger partial charge in [-0.3, -0.25) is 0 Å². The molecule has 2 aliphatic carbocycles. The molecule has 6 heteroatoms. The number of ether oxygens (including phenoxy) is 1. The van der Waals surface area contributed by atoms with Crippen LogP contribution in [-0.2, 0) is 9.53 Å². The van der Waals surface area contributed by atoms with Crippen LogP contribution in [0.2, 0.25) is 0 Å². The number of halogens is 4. The predicted octanol–water partition coefficient (Wildman–Crippen LogP) is 3.64. The van der Waals surface area contributed by atoms with Crippen LogP contribution in [0.3, 0.4) is 0 Å². The van der Waals surface area contributed by atoms with Crippen molar-refractivity contribution in [2.75, 3.05) is 0 Å². The highest BCUT2D eigenvalue weighted by atomic mass is 19.3. The first-order valence-corrected chi connectivity index (χ1v) is 6.40. The van der Waals surface area contributed by atoms with Crippen molar-refractivity contribution in [3.8, 4) is 0 Å². The van der Waals surface area contributed by atoms with Gasteiger partial charge in [0.1, 0.15) is 6.10 Å². The van der Waals surface area contributed by atoms with Crippen molar-refractivity contribution in [2.45, 2.75) is 58.5 Å². The molecule has 19 heavy (non-hydrogen) atoms. The average molecular weight is 282 g/mol. The third-order valence-corrected chi connectivity index (χ3v) is 5.51. The normalized spacial score (nSPS) is 36.8. The van der Waals surface area contributed by atoms with Crippen LogP contribution in [0.15, 0.2) is 0 Å². The second kappa shape index (κ2) is 4.09. The molecule has 2 nitrogen and oxygen atoms in total. The van der Waals surface area contributed by atoms with E-state index in [1.54, 1.807) is 0 Å². The number of alkyl halides is 4. The third kappa shape index (κ3) is 1.86. The van der Waals surface area contributed by atoms with Gasteiger partial charge in [0.2, 0.25) is 0 Å². The van der Waals surface area contributed by atoms with E-state index in [9.17, 15) is 22.4 Å². The van der Waals surface area contributed by atoms with Gasteiger partial charge in [-0.1, -0.05) is 20.8 Å². The van der Waals surface area contributed by atoms with Gasteiger partial charge in [0.25, 0.3) is 0 Å². The maximum atomic E-state index is 12.9. The van der Waals surface area contributed by atoms with E-state index >= 15 is 0 Å². The summed E-state index contributed by atoms with van der Waals surface area (Å²) in [7, 11) is 0. The lowest BCUT2D eigenvalue weighted by atomic mass is 9.70. The number of carbonyl (C=O) groups excluding carboxylic acids is 1. The predicted molar refractivity (Wildman–Crippen MR) is 60.1 cm³/mol. The first-order chi connectivity index (χ1) is 8.53. The van der Waals surface area contributed by atoms with Gasteiger partial charge in [-0.15, -0.1) is 0 Å². The van der Waals surface area contributed by atoms with Gasteiger partial charge in [0.15, 0.2) is 0 Å². The fourth-order valence-corrected chi connectivity index (χ4v) is 3.61. The zero-order chi connectivity index (χ0) is 14.6.